The van der Waals surface area contributed by atoms with Crippen LogP contribution in [0.4, 0.5) is 0 Å². The lowest BCUT2D eigenvalue weighted by molar-refractivity contribution is -0.129. The van der Waals surface area contributed by atoms with E-state index < -0.39 is 6.04 Å². The van der Waals surface area contributed by atoms with E-state index in [1.54, 1.807) is 6.92 Å². The molecule has 1 aromatic carbocycles. The fourth-order valence-corrected chi connectivity index (χ4v) is 1.91. The van der Waals surface area contributed by atoms with Crippen molar-refractivity contribution in [1.82, 2.24) is 10.6 Å². The first kappa shape index (κ1) is 17.0. The Kier molecular flexibility index (Phi) is 6.72. The summed E-state index contributed by atoms with van der Waals surface area (Å²) in [6.45, 7) is 8.05. The van der Waals surface area contributed by atoms with E-state index in [-0.39, 0.29) is 18.4 Å². The molecule has 2 N–H and O–H groups in total. The zero-order valence-corrected chi connectivity index (χ0v) is 13.1. The number of carbonyl (C=O) groups excluding carboxylic acids is 2. The van der Waals surface area contributed by atoms with Crippen LogP contribution in [0.5, 0.6) is 5.75 Å². The molecule has 116 valence electrons. The summed E-state index contributed by atoms with van der Waals surface area (Å²) in [6.07, 6.45) is 0. The minimum absolute atomic E-state index is 0.104. The second kappa shape index (κ2) is 8.29. The number of likely N-dealkylation sites (N-methyl/N-ethyl adjacent to an activating group) is 1. The van der Waals surface area contributed by atoms with Gasteiger partial charge in [-0.15, -0.1) is 0 Å². The number of benzene rings is 1. The van der Waals surface area contributed by atoms with E-state index in [4.69, 9.17) is 4.74 Å². The van der Waals surface area contributed by atoms with Crippen molar-refractivity contribution < 1.29 is 14.3 Å². The third kappa shape index (κ3) is 5.45. The van der Waals surface area contributed by atoms with Crippen LogP contribution in [0, 0.1) is 0 Å². The first-order valence-electron chi connectivity index (χ1n) is 7.24. The van der Waals surface area contributed by atoms with Crippen LogP contribution < -0.4 is 15.4 Å². The van der Waals surface area contributed by atoms with Gasteiger partial charge >= 0.3 is 0 Å². The topological polar surface area (TPSA) is 67.4 Å². The smallest absolute Gasteiger partial charge is 0.258 e. The van der Waals surface area contributed by atoms with Crippen molar-refractivity contribution in [3.05, 3.63) is 29.8 Å². The van der Waals surface area contributed by atoms with Gasteiger partial charge < -0.3 is 15.4 Å². The largest absolute Gasteiger partial charge is 0.483 e. The van der Waals surface area contributed by atoms with E-state index >= 15 is 0 Å². The van der Waals surface area contributed by atoms with Gasteiger partial charge in [-0.2, -0.15) is 0 Å². The van der Waals surface area contributed by atoms with Crippen LogP contribution in [0.2, 0.25) is 0 Å². The zero-order valence-electron chi connectivity index (χ0n) is 13.1. The van der Waals surface area contributed by atoms with Crippen LogP contribution in [-0.2, 0) is 9.59 Å². The van der Waals surface area contributed by atoms with Gasteiger partial charge in [0.15, 0.2) is 6.61 Å². The summed E-state index contributed by atoms with van der Waals surface area (Å²) in [7, 11) is 0. The van der Waals surface area contributed by atoms with Crippen molar-refractivity contribution in [2.45, 2.75) is 39.7 Å². The molecule has 1 aromatic rings. The molecule has 0 aliphatic carbocycles. The molecule has 1 rings (SSSR count). The first-order chi connectivity index (χ1) is 9.95. The van der Waals surface area contributed by atoms with Crippen molar-refractivity contribution in [3.63, 3.8) is 0 Å². The van der Waals surface area contributed by atoms with Crippen LogP contribution >= 0.6 is 0 Å². The highest BCUT2D eigenvalue weighted by atomic mass is 16.5. The average Bonchev–Trinajstić information content (AvgIpc) is 2.45. The number of rotatable bonds is 7. The van der Waals surface area contributed by atoms with E-state index in [1.807, 2.05) is 31.2 Å². The maximum Gasteiger partial charge on any atom is 0.258 e. The fourth-order valence-electron chi connectivity index (χ4n) is 1.91. The Morgan fingerprint density at radius 1 is 1.19 bits per heavy atom. The maximum absolute atomic E-state index is 11.8. The normalized spacial score (nSPS) is 11.9. The molecule has 0 aromatic heterocycles. The Labute approximate surface area is 126 Å². The minimum atomic E-state index is -0.568. The molecule has 0 aliphatic rings. The Bertz CT molecular complexity index is 486. The summed E-state index contributed by atoms with van der Waals surface area (Å²) in [4.78, 5) is 23.3. The van der Waals surface area contributed by atoms with Gasteiger partial charge in [-0.3, -0.25) is 9.59 Å². The van der Waals surface area contributed by atoms with Gasteiger partial charge in [0.2, 0.25) is 5.91 Å². The Morgan fingerprint density at radius 3 is 2.48 bits per heavy atom. The Balaban J connectivity index is 2.52. The summed E-state index contributed by atoms with van der Waals surface area (Å²) in [5.41, 5.74) is 1.06. The lowest BCUT2D eigenvalue weighted by atomic mass is 10.0. The molecule has 2 amide bonds. The number of nitrogens with one attached hydrogen (secondary N) is 2. The molecule has 0 heterocycles. The van der Waals surface area contributed by atoms with E-state index in [0.717, 1.165) is 5.56 Å². The maximum atomic E-state index is 11.8. The summed E-state index contributed by atoms with van der Waals surface area (Å²) in [5, 5.41) is 5.26. The Morgan fingerprint density at radius 2 is 1.86 bits per heavy atom. The zero-order chi connectivity index (χ0) is 15.8. The number of ether oxygens (including phenoxy) is 1. The van der Waals surface area contributed by atoms with Crippen LogP contribution in [0.25, 0.3) is 0 Å². The van der Waals surface area contributed by atoms with Crippen LogP contribution in [-0.4, -0.2) is 31.0 Å². The highest BCUT2D eigenvalue weighted by molar-refractivity contribution is 5.87. The highest BCUT2D eigenvalue weighted by Crippen LogP contribution is 2.25. The summed E-state index contributed by atoms with van der Waals surface area (Å²) in [6, 6.07) is 7.07. The molecule has 0 saturated carbocycles. The summed E-state index contributed by atoms with van der Waals surface area (Å²) in [5.74, 6) is 0.507. The lowest BCUT2D eigenvalue weighted by Crippen LogP contribution is -2.46. The lowest BCUT2D eigenvalue weighted by Gasteiger charge is -2.16. The van der Waals surface area contributed by atoms with E-state index in [9.17, 15) is 9.59 Å². The third-order valence-electron chi connectivity index (χ3n) is 3.02. The third-order valence-corrected chi connectivity index (χ3v) is 3.02. The van der Waals surface area contributed by atoms with E-state index in [1.165, 1.54) is 0 Å². The van der Waals surface area contributed by atoms with Crippen LogP contribution in [0.3, 0.4) is 0 Å². The van der Waals surface area contributed by atoms with E-state index in [2.05, 4.69) is 24.5 Å². The predicted octanol–water partition coefficient (Wildman–Crippen LogP) is 1.83. The number of carbonyl (C=O) groups is 2. The van der Waals surface area contributed by atoms with Gasteiger partial charge in [0.25, 0.3) is 5.91 Å². The highest BCUT2D eigenvalue weighted by Gasteiger charge is 2.15. The molecule has 1 atom stereocenters. The minimum Gasteiger partial charge on any atom is -0.483 e. The number of hydrogen-bond donors (Lipinski definition) is 2. The molecular formula is C16H24N2O3. The van der Waals surface area contributed by atoms with Crippen LogP contribution in [0.1, 0.15) is 39.2 Å². The van der Waals surface area contributed by atoms with Gasteiger partial charge in [0, 0.05) is 6.54 Å². The standard InChI is InChI=1S/C16H24N2O3/c1-5-17-16(20)12(4)18-15(19)10-21-14-9-7-6-8-13(14)11(2)3/h6-9,11-12H,5,10H2,1-4H3,(H,17,20)(H,18,19)/t12-/m1/s1. The van der Waals surface area contributed by atoms with Gasteiger partial charge in [-0.1, -0.05) is 32.0 Å². The van der Waals surface area contributed by atoms with Crippen molar-refractivity contribution in [1.29, 1.82) is 0 Å². The molecule has 0 bridgehead atoms. The second-order valence-electron chi connectivity index (χ2n) is 5.16. The van der Waals surface area contributed by atoms with Crippen molar-refractivity contribution in [2.24, 2.45) is 0 Å². The number of amides is 2. The number of para-hydroxylation sites is 1. The predicted molar refractivity (Wildman–Crippen MR) is 82.3 cm³/mol. The SMILES string of the molecule is CCNC(=O)[C@@H](C)NC(=O)COc1ccccc1C(C)C. The van der Waals surface area contributed by atoms with Gasteiger partial charge in [0.1, 0.15) is 11.8 Å². The number of hydrogen-bond acceptors (Lipinski definition) is 3. The monoisotopic (exact) mass is 292 g/mol. The van der Waals surface area contributed by atoms with Crippen molar-refractivity contribution >= 4 is 11.8 Å². The van der Waals surface area contributed by atoms with Crippen molar-refractivity contribution in [2.75, 3.05) is 13.2 Å². The van der Waals surface area contributed by atoms with Gasteiger partial charge in [-0.05, 0) is 31.4 Å². The molecule has 0 radical (unpaired) electrons. The molecule has 5 heteroatoms. The molecule has 0 aliphatic heterocycles. The van der Waals surface area contributed by atoms with E-state index in [0.29, 0.717) is 18.2 Å². The summed E-state index contributed by atoms with van der Waals surface area (Å²) < 4.78 is 5.56. The summed E-state index contributed by atoms with van der Waals surface area (Å²) >= 11 is 0. The van der Waals surface area contributed by atoms with Gasteiger partial charge in [-0.25, -0.2) is 0 Å². The fraction of sp³-hybridized carbons (Fsp3) is 0.500. The Hall–Kier alpha value is -2.04. The van der Waals surface area contributed by atoms with Crippen LogP contribution in [0.15, 0.2) is 24.3 Å². The molecular weight excluding hydrogens is 268 g/mol. The average molecular weight is 292 g/mol. The second-order valence-corrected chi connectivity index (χ2v) is 5.16. The molecule has 0 fully saturated rings. The van der Waals surface area contributed by atoms with Gasteiger partial charge in [0.05, 0.1) is 0 Å². The van der Waals surface area contributed by atoms with Crippen molar-refractivity contribution in [3.8, 4) is 5.75 Å². The molecule has 0 spiro atoms. The molecule has 21 heavy (non-hydrogen) atoms. The molecule has 0 saturated heterocycles. The molecule has 0 unspecified atom stereocenters. The first-order valence-corrected chi connectivity index (χ1v) is 7.24. The quantitative estimate of drug-likeness (QED) is 0.805. The molecule has 5 nitrogen and oxygen atoms in total.